The van der Waals surface area contributed by atoms with Crippen LogP contribution in [0.25, 0.3) is 0 Å². The maximum Gasteiger partial charge on any atom is 0.200 e. The van der Waals surface area contributed by atoms with E-state index >= 15 is 0 Å². The summed E-state index contributed by atoms with van der Waals surface area (Å²) in [6.45, 7) is 3.25. The van der Waals surface area contributed by atoms with Crippen molar-refractivity contribution in [1.82, 2.24) is 5.32 Å². The Morgan fingerprint density at radius 1 is 0.923 bits per heavy atom. The van der Waals surface area contributed by atoms with Crippen LogP contribution in [0.3, 0.4) is 0 Å². The molecule has 0 aliphatic heterocycles. The van der Waals surface area contributed by atoms with Gasteiger partial charge in [0, 0.05) is 12.0 Å². The second-order valence-corrected chi connectivity index (χ2v) is 5.31. The molecule has 0 aliphatic rings. The summed E-state index contributed by atoms with van der Waals surface area (Å²) >= 11 is 0. The van der Waals surface area contributed by atoms with Crippen molar-refractivity contribution in [2.45, 2.75) is 13.0 Å². The highest BCUT2D eigenvalue weighted by molar-refractivity contribution is 5.83. The molecule has 2 rings (SSSR count). The molecule has 2 aromatic carbocycles. The number of ether oxygens (including phenoxy) is 1. The quantitative estimate of drug-likeness (QED) is 0.332. The average Bonchev–Trinajstić information content (AvgIpc) is 2.65. The van der Waals surface area contributed by atoms with E-state index < -0.39 is 53.4 Å². The maximum absolute atomic E-state index is 13.5. The third-order valence-corrected chi connectivity index (χ3v) is 3.41. The Morgan fingerprint density at radius 2 is 1.46 bits per heavy atom. The van der Waals surface area contributed by atoms with Crippen molar-refractivity contribution in [3.8, 4) is 0 Å². The fraction of sp³-hybridized carbons (Fsp3) is 0.167. The molecule has 0 aromatic heterocycles. The number of ketones is 1. The van der Waals surface area contributed by atoms with Gasteiger partial charge in [-0.3, -0.25) is 4.79 Å². The van der Waals surface area contributed by atoms with Crippen molar-refractivity contribution in [2.75, 3.05) is 6.54 Å². The predicted molar refractivity (Wildman–Crippen MR) is 83.3 cm³/mol. The van der Waals surface area contributed by atoms with E-state index in [1.165, 1.54) is 0 Å². The Morgan fingerprint density at radius 3 is 2.04 bits per heavy atom. The largest absolute Gasteiger partial charge is 0.475 e. The lowest BCUT2D eigenvalue weighted by atomic mass is 10.1. The lowest BCUT2D eigenvalue weighted by Crippen LogP contribution is -2.25. The fourth-order valence-electron chi connectivity index (χ4n) is 2.06. The monoisotopic (exact) mass is 371 g/mol. The van der Waals surface area contributed by atoms with Crippen LogP contribution in [0, 0.1) is 29.1 Å². The molecular weight excluding hydrogens is 357 g/mol. The normalized spacial score (nSPS) is 10.5. The first kappa shape index (κ1) is 19.4. The number of Topliss-reactive ketones (excluding diaryl/α,β-unsaturated/α-hetero) is 1. The van der Waals surface area contributed by atoms with E-state index in [0.717, 1.165) is 5.56 Å². The molecule has 0 unspecified atom stereocenters. The Balaban J connectivity index is 1.90. The van der Waals surface area contributed by atoms with E-state index in [1.54, 1.807) is 0 Å². The van der Waals surface area contributed by atoms with Gasteiger partial charge in [0.1, 0.15) is 6.61 Å². The van der Waals surface area contributed by atoms with E-state index in [4.69, 9.17) is 4.74 Å². The van der Waals surface area contributed by atoms with Gasteiger partial charge in [0.25, 0.3) is 0 Å². The van der Waals surface area contributed by atoms with Gasteiger partial charge in [-0.15, -0.1) is 0 Å². The molecule has 2 aromatic rings. The van der Waals surface area contributed by atoms with Gasteiger partial charge in [-0.05, 0) is 12.1 Å². The first-order valence-electron chi connectivity index (χ1n) is 7.42. The van der Waals surface area contributed by atoms with Gasteiger partial charge >= 0.3 is 0 Å². The van der Waals surface area contributed by atoms with Crippen LogP contribution in [0.5, 0.6) is 0 Å². The molecule has 0 spiro atoms. The van der Waals surface area contributed by atoms with Crippen molar-refractivity contribution >= 4 is 5.78 Å². The first-order valence-corrected chi connectivity index (χ1v) is 7.42. The second kappa shape index (κ2) is 8.46. The minimum Gasteiger partial charge on any atom is -0.475 e. The molecule has 0 radical (unpaired) electrons. The standard InChI is InChI=1S/C18H14F5NO2/c1-10(26-9-11-5-3-2-4-6-11)24-8-12(25)7-13-14(19)16(21)18(23)17(22)15(13)20/h2-6,24H,1,7-9H2. The number of hydrogen-bond acceptors (Lipinski definition) is 3. The van der Waals surface area contributed by atoms with E-state index in [2.05, 4.69) is 11.9 Å². The zero-order chi connectivity index (χ0) is 19.3. The van der Waals surface area contributed by atoms with Crippen LogP contribution in [0.1, 0.15) is 11.1 Å². The molecule has 0 saturated carbocycles. The highest BCUT2D eigenvalue weighted by Crippen LogP contribution is 2.23. The molecule has 138 valence electrons. The average molecular weight is 371 g/mol. The van der Waals surface area contributed by atoms with Gasteiger partial charge in [0.05, 0.1) is 6.54 Å². The summed E-state index contributed by atoms with van der Waals surface area (Å²) in [5.74, 6) is -11.3. The summed E-state index contributed by atoms with van der Waals surface area (Å²) in [6, 6.07) is 9.06. The summed E-state index contributed by atoms with van der Waals surface area (Å²) in [7, 11) is 0. The van der Waals surface area contributed by atoms with Gasteiger partial charge in [0.2, 0.25) is 5.82 Å². The number of hydrogen-bond donors (Lipinski definition) is 1. The molecule has 0 aliphatic carbocycles. The lowest BCUT2D eigenvalue weighted by Gasteiger charge is -2.12. The van der Waals surface area contributed by atoms with Crippen LogP contribution < -0.4 is 5.32 Å². The number of carbonyl (C=O) groups excluding carboxylic acids is 1. The number of rotatable bonds is 8. The van der Waals surface area contributed by atoms with E-state index in [9.17, 15) is 26.7 Å². The van der Waals surface area contributed by atoms with Crippen LogP contribution in [-0.4, -0.2) is 12.3 Å². The zero-order valence-corrected chi connectivity index (χ0v) is 13.4. The topological polar surface area (TPSA) is 38.3 Å². The van der Waals surface area contributed by atoms with E-state index in [-0.39, 0.29) is 12.5 Å². The molecule has 1 N–H and O–H groups in total. The summed E-state index contributed by atoms with van der Waals surface area (Å²) in [5, 5.41) is 2.48. The highest BCUT2D eigenvalue weighted by Gasteiger charge is 2.26. The van der Waals surface area contributed by atoms with Gasteiger partial charge in [0.15, 0.2) is 34.9 Å². The van der Waals surface area contributed by atoms with Crippen LogP contribution in [-0.2, 0) is 22.6 Å². The number of carbonyl (C=O) groups is 1. The van der Waals surface area contributed by atoms with Gasteiger partial charge in [-0.2, -0.15) is 0 Å². The smallest absolute Gasteiger partial charge is 0.200 e. The Hall–Kier alpha value is -2.90. The summed E-state index contributed by atoms with van der Waals surface area (Å²) in [5.41, 5.74) is -0.327. The van der Waals surface area contributed by atoms with Crippen LogP contribution in [0.2, 0.25) is 0 Å². The second-order valence-electron chi connectivity index (χ2n) is 5.31. The van der Waals surface area contributed by atoms with Gasteiger partial charge in [-0.1, -0.05) is 30.3 Å². The molecule has 0 amide bonds. The van der Waals surface area contributed by atoms with Gasteiger partial charge < -0.3 is 10.1 Å². The highest BCUT2D eigenvalue weighted by atomic mass is 19.2. The number of nitrogens with one attached hydrogen (secondary N) is 1. The lowest BCUT2D eigenvalue weighted by molar-refractivity contribution is -0.117. The van der Waals surface area contributed by atoms with Crippen molar-refractivity contribution in [1.29, 1.82) is 0 Å². The first-order chi connectivity index (χ1) is 12.3. The number of benzene rings is 2. The van der Waals surface area contributed by atoms with Crippen LogP contribution in [0.15, 0.2) is 42.8 Å². The number of halogens is 5. The van der Waals surface area contributed by atoms with Crippen molar-refractivity contribution in [2.24, 2.45) is 0 Å². The summed E-state index contributed by atoms with van der Waals surface area (Å²) in [4.78, 5) is 11.8. The fourth-order valence-corrected chi connectivity index (χ4v) is 2.06. The molecule has 0 heterocycles. The van der Waals surface area contributed by atoms with Gasteiger partial charge in [-0.25, -0.2) is 22.0 Å². The van der Waals surface area contributed by atoms with Crippen molar-refractivity contribution in [3.05, 3.63) is 83.0 Å². The zero-order valence-electron chi connectivity index (χ0n) is 13.4. The third-order valence-electron chi connectivity index (χ3n) is 3.41. The molecule has 0 atom stereocenters. The predicted octanol–water partition coefficient (Wildman–Crippen LogP) is 3.77. The maximum atomic E-state index is 13.5. The summed E-state index contributed by atoms with van der Waals surface area (Å²) in [6.07, 6.45) is -0.968. The Bertz CT molecular complexity index is 795. The Kier molecular flexibility index (Phi) is 6.32. The van der Waals surface area contributed by atoms with Crippen molar-refractivity contribution in [3.63, 3.8) is 0 Å². The van der Waals surface area contributed by atoms with E-state index in [1.807, 2.05) is 30.3 Å². The SMILES string of the molecule is C=C(NCC(=O)Cc1c(F)c(F)c(F)c(F)c1F)OCc1ccccc1. The van der Waals surface area contributed by atoms with Crippen LogP contribution in [0.4, 0.5) is 22.0 Å². The minimum absolute atomic E-state index is 0.0274. The molecule has 0 fully saturated rings. The molecule has 8 heteroatoms. The molecule has 0 bridgehead atoms. The molecule has 0 saturated heterocycles. The van der Waals surface area contributed by atoms with Crippen molar-refractivity contribution < 1.29 is 31.5 Å². The van der Waals surface area contributed by atoms with E-state index in [0.29, 0.717) is 0 Å². The molecule has 26 heavy (non-hydrogen) atoms. The minimum atomic E-state index is -2.27. The summed E-state index contributed by atoms with van der Waals surface area (Å²) < 4.78 is 71.5. The Labute approximate surface area is 146 Å². The molecular formula is C18H14F5NO2. The van der Waals surface area contributed by atoms with Crippen LogP contribution >= 0.6 is 0 Å². The molecule has 3 nitrogen and oxygen atoms in total. The third kappa shape index (κ3) is 4.59.